The van der Waals surface area contributed by atoms with Gasteiger partial charge in [-0.2, -0.15) is 0 Å². The van der Waals surface area contributed by atoms with Crippen LogP contribution in [0.15, 0.2) is 6.20 Å². The first-order valence-corrected chi connectivity index (χ1v) is 6.56. The van der Waals surface area contributed by atoms with Crippen molar-refractivity contribution in [3.8, 4) is 0 Å². The van der Waals surface area contributed by atoms with E-state index in [-0.39, 0.29) is 25.5 Å². The van der Waals surface area contributed by atoms with Crippen LogP contribution >= 0.6 is 0 Å². The molecule has 0 atom stereocenters. The second-order valence-electron chi connectivity index (χ2n) is 4.68. The van der Waals surface area contributed by atoms with Crippen LogP contribution in [0.25, 0.3) is 0 Å². The van der Waals surface area contributed by atoms with Gasteiger partial charge in [-0.25, -0.2) is 4.68 Å². The van der Waals surface area contributed by atoms with Gasteiger partial charge in [-0.15, -0.1) is 5.10 Å². The van der Waals surface area contributed by atoms with Crippen molar-refractivity contribution in [2.75, 3.05) is 6.54 Å². The molecule has 0 aliphatic rings. The number of carboxylic acids is 1. The summed E-state index contributed by atoms with van der Waals surface area (Å²) in [7, 11) is 0. The van der Waals surface area contributed by atoms with E-state index in [1.807, 2.05) is 13.8 Å². The third kappa shape index (κ3) is 3.77. The number of nitrogens with zero attached hydrogens (tertiary/aromatic N) is 3. The van der Waals surface area contributed by atoms with Crippen molar-refractivity contribution in [1.82, 2.24) is 20.3 Å². The first-order chi connectivity index (χ1) is 9.47. The van der Waals surface area contributed by atoms with Crippen LogP contribution in [-0.4, -0.2) is 38.5 Å². The molecule has 0 saturated heterocycles. The highest BCUT2D eigenvalue weighted by molar-refractivity contribution is 5.82. The number of carbonyl (C=O) groups is 2. The molecule has 1 aromatic heterocycles. The van der Waals surface area contributed by atoms with Crippen molar-refractivity contribution in [1.29, 1.82) is 0 Å². The van der Waals surface area contributed by atoms with E-state index in [9.17, 15) is 9.59 Å². The summed E-state index contributed by atoms with van der Waals surface area (Å²) in [5, 5.41) is 18.9. The van der Waals surface area contributed by atoms with E-state index in [0.717, 1.165) is 0 Å². The molecule has 0 aliphatic carbocycles. The largest absolute Gasteiger partial charge is 0.480 e. The van der Waals surface area contributed by atoms with Crippen LogP contribution in [0.5, 0.6) is 0 Å². The summed E-state index contributed by atoms with van der Waals surface area (Å²) in [4.78, 5) is 22.7. The van der Waals surface area contributed by atoms with Crippen molar-refractivity contribution < 1.29 is 14.7 Å². The van der Waals surface area contributed by atoms with Crippen LogP contribution in [0.4, 0.5) is 0 Å². The minimum atomic E-state index is -0.996. The summed E-state index contributed by atoms with van der Waals surface area (Å²) in [5.74, 6) is -1.11. The Morgan fingerprint density at radius 1 is 1.45 bits per heavy atom. The second kappa shape index (κ2) is 6.99. The van der Waals surface area contributed by atoms with E-state index >= 15 is 0 Å². The Hall–Kier alpha value is -1.96. The van der Waals surface area contributed by atoms with Crippen LogP contribution in [0.1, 0.15) is 32.4 Å². The van der Waals surface area contributed by atoms with E-state index in [1.54, 1.807) is 0 Å². The van der Waals surface area contributed by atoms with Crippen molar-refractivity contribution in [3.63, 3.8) is 0 Å². The summed E-state index contributed by atoms with van der Waals surface area (Å²) in [6, 6.07) is 0. The number of carboxylic acid groups (broad SMARTS) is 1. The topological polar surface area (TPSA) is 123 Å². The second-order valence-corrected chi connectivity index (χ2v) is 4.68. The lowest BCUT2D eigenvalue weighted by molar-refractivity contribution is -0.138. The number of hydrogen-bond donors (Lipinski definition) is 3. The van der Waals surface area contributed by atoms with Gasteiger partial charge >= 0.3 is 5.97 Å². The van der Waals surface area contributed by atoms with Gasteiger partial charge < -0.3 is 16.2 Å². The first-order valence-electron chi connectivity index (χ1n) is 6.56. The number of amides is 1. The number of rotatable bonds is 8. The predicted octanol–water partition coefficient (Wildman–Crippen LogP) is -0.256. The van der Waals surface area contributed by atoms with Gasteiger partial charge in [-0.1, -0.05) is 19.1 Å². The summed E-state index contributed by atoms with van der Waals surface area (Å²) >= 11 is 0. The fourth-order valence-corrected chi connectivity index (χ4v) is 1.95. The van der Waals surface area contributed by atoms with Gasteiger partial charge in [0.05, 0.1) is 18.2 Å². The van der Waals surface area contributed by atoms with Crippen LogP contribution < -0.4 is 11.1 Å². The first kappa shape index (κ1) is 16.1. The van der Waals surface area contributed by atoms with Crippen molar-refractivity contribution in [2.45, 2.75) is 39.8 Å². The fourth-order valence-electron chi connectivity index (χ4n) is 1.95. The van der Waals surface area contributed by atoms with Gasteiger partial charge in [0.2, 0.25) is 5.91 Å². The lowest BCUT2D eigenvalue weighted by Gasteiger charge is -2.28. The average molecular weight is 283 g/mol. The van der Waals surface area contributed by atoms with Gasteiger partial charge in [0.15, 0.2) is 0 Å². The summed E-state index contributed by atoms with van der Waals surface area (Å²) in [6.07, 6.45) is 2.82. The molecule has 0 fully saturated rings. The third-order valence-electron chi connectivity index (χ3n) is 3.54. The molecule has 0 radical (unpaired) electrons. The molecule has 0 aliphatic heterocycles. The zero-order valence-corrected chi connectivity index (χ0v) is 11.8. The molecule has 1 aromatic rings. The van der Waals surface area contributed by atoms with Crippen molar-refractivity contribution in [2.24, 2.45) is 11.1 Å². The van der Waals surface area contributed by atoms with E-state index in [1.165, 1.54) is 10.9 Å². The third-order valence-corrected chi connectivity index (χ3v) is 3.54. The molecular weight excluding hydrogens is 262 g/mol. The Kier molecular flexibility index (Phi) is 5.63. The standard InChI is InChI=1S/C12H21N5O3/c1-3-12(4-2,8-13)11(20)14-5-9-6-17(16-15-9)7-10(18)19/h6H,3-5,7-8,13H2,1-2H3,(H,14,20)(H,18,19). The molecule has 1 heterocycles. The van der Waals surface area contributed by atoms with Crippen molar-refractivity contribution in [3.05, 3.63) is 11.9 Å². The van der Waals surface area contributed by atoms with E-state index < -0.39 is 11.4 Å². The molecule has 0 bridgehead atoms. The van der Waals surface area contributed by atoms with E-state index in [2.05, 4.69) is 15.6 Å². The zero-order valence-electron chi connectivity index (χ0n) is 11.8. The van der Waals surface area contributed by atoms with Crippen LogP contribution in [0.3, 0.4) is 0 Å². The number of hydrogen-bond acceptors (Lipinski definition) is 5. The van der Waals surface area contributed by atoms with Crippen LogP contribution in [0, 0.1) is 5.41 Å². The zero-order chi connectivity index (χ0) is 15.2. The smallest absolute Gasteiger partial charge is 0.325 e. The maximum atomic E-state index is 12.2. The molecule has 0 spiro atoms. The van der Waals surface area contributed by atoms with Gasteiger partial charge in [0.1, 0.15) is 12.2 Å². The summed E-state index contributed by atoms with van der Waals surface area (Å²) < 4.78 is 1.21. The highest BCUT2D eigenvalue weighted by Gasteiger charge is 2.33. The number of aromatic nitrogens is 3. The Morgan fingerprint density at radius 2 is 2.10 bits per heavy atom. The minimum absolute atomic E-state index is 0.113. The maximum absolute atomic E-state index is 12.2. The normalized spacial score (nSPS) is 11.3. The Morgan fingerprint density at radius 3 is 2.60 bits per heavy atom. The molecule has 0 unspecified atom stereocenters. The molecular formula is C12H21N5O3. The van der Waals surface area contributed by atoms with Gasteiger partial charge in [0.25, 0.3) is 0 Å². The SMILES string of the molecule is CCC(CC)(CN)C(=O)NCc1cn(CC(=O)O)nn1. The Balaban J connectivity index is 2.60. The molecule has 1 amide bonds. The Labute approximate surface area is 117 Å². The number of nitrogens with two attached hydrogens (primary N) is 1. The van der Waals surface area contributed by atoms with Crippen LogP contribution in [0.2, 0.25) is 0 Å². The number of aliphatic carboxylic acids is 1. The monoisotopic (exact) mass is 283 g/mol. The minimum Gasteiger partial charge on any atom is -0.480 e. The molecule has 1 rings (SSSR count). The van der Waals surface area contributed by atoms with Crippen molar-refractivity contribution >= 4 is 11.9 Å². The quantitative estimate of drug-likeness (QED) is 0.604. The molecule has 0 saturated carbocycles. The van der Waals surface area contributed by atoms with Gasteiger partial charge in [-0.3, -0.25) is 9.59 Å². The lowest BCUT2D eigenvalue weighted by Crippen LogP contribution is -2.45. The number of carbonyl (C=O) groups excluding carboxylic acids is 1. The maximum Gasteiger partial charge on any atom is 0.325 e. The summed E-state index contributed by atoms with van der Waals surface area (Å²) in [6.45, 7) is 4.10. The Bertz CT molecular complexity index is 459. The summed E-state index contributed by atoms with van der Waals surface area (Å²) in [5.41, 5.74) is 5.65. The van der Waals surface area contributed by atoms with Gasteiger partial charge in [0, 0.05) is 6.54 Å². The highest BCUT2D eigenvalue weighted by atomic mass is 16.4. The van der Waals surface area contributed by atoms with Gasteiger partial charge in [-0.05, 0) is 12.8 Å². The fraction of sp³-hybridized carbons (Fsp3) is 0.667. The molecule has 20 heavy (non-hydrogen) atoms. The predicted molar refractivity (Wildman–Crippen MR) is 71.6 cm³/mol. The van der Waals surface area contributed by atoms with Crippen LogP contribution in [-0.2, 0) is 22.7 Å². The number of nitrogens with one attached hydrogen (secondary N) is 1. The average Bonchev–Trinajstić information content (AvgIpc) is 2.86. The van der Waals surface area contributed by atoms with E-state index in [0.29, 0.717) is 18.5 Å². The molecule has 4 N–H and O–H groups in total. The highest BCUT2D eigenvalue weighted by Crippen LogP contribution is 2.24. The van der Waals surface area contributed by atoms with E-state index in [4.69, 9.17) is 10.8 Å². The lowest BCUT2D eigenvalue weighted by atomic mass is 9.81. The molecule has 8 nitrogen and oxygen atoms in total. The molecule has 8 heteroatoms. The molecule has 112 valence electrons. The molecule has 0 aromatic carbocycles.